The van der Waals surface area contributed by atoms with Gasteiger partial charge in [0.2, 0.25) is 10.0 Å². The monoisotopic (exact) mass is 482 g/mol. The Kier molecular flexibility index (Phi) is 5.81. The summed E-state index contributed by atoms with van der Waals surface area (Å²) >= 11 is 0. The van der Waals surface area contributed by atoms with Gasteiger partial charge in [0.05, 0.1) is 16.5 Å². The number of halogens is 3. The van der Waals surface area contributed by atoms with Crippen LogP contribution in [0.15, 0.2) is 35.1 Å². The molecule has 33 heavy (non-hydrogen) atoms. The fourth-order valence-corrected chi connectivity index (χ4v) is 5.64. The second-order valence-corrected chi connectivity index (χ2v) is 9.96. The molecule has 0 spiro atoms. The van der Waals surface area contributed by atoms with Gasteiger partial charge in [0, 0.05) is 0 Å². The van der Waals surface area contributed by atoms with E-state index in [2.05, 4.69) is 4.98 Å². The number of aryl methyl sites for hydroxylation is 1. The van der Waals surface area contributed by atoms with Gasteiger partial charge in [-0.15, -0.1) is 0 Å². The zero-order valence-electron chi connectivity index (χ0n) is 17.6. The molecule has 0 unspecified atom stereocenters. The van der Waals surface area contributed by atoms with Crippen molar-refractivity contribution in [1.82, 2.24) is 19.3 Å². The first kappa shape index (κ1) is 23.0. The predicted octanol–water partition coefficient (Wildman–Crippen LogP) is 3.41. The third kappa shape index (κ3) is 4.26. The van der Waals surface area contributed by atoms with E-state index in [1.54, 1.807) is 18.2 Å². The fourth-order valence-electron chi connectivity index (χ4n) is 4.16. The van der Waals surface area contributed by atoms with Gasteiger partial charge in [-0.3, -0.25) is 14.7 Å². The number of nitrogens with zero attached hydrogens (tertiary/aromatic N) is 2. The van der Waals surface area contributed by atoms with Gasteiger partial charge in [-0.25, -0.2) is 18.1 Å². The van der Waals surface area contributed by atoms with Crippen molar-refractivity contribution in [3.8, 4) is 11.1 Å². The van der Waals surface area contributed by atoms with E-state index in [4.69, 9.17) is 0 Å². The number of benzene rings is 1. The van der Waals surface area contributed by atoms with Crippen molar-refractivity contribution < 1.29 is 26.4 Å². The molecule has 8 nitrogen and oxygen atoms in total. The number of sulfonamides is 1. The predicted molar refractivity (Wildman–Crippen MR) is 114 cm³/mol. The van der Waals surface area contributed by atoms with Crippen LogP contribution in [-0.2, 0) is 16.2 Å². The van der Waals surface area contributed by atoms with Crippen LogP contribution in [0.1, 0.15) is 53.8 Å². The van der Waals surface area contributed by atoms with Crippen molar-refractivity contribution in [2.45, 2.75) is 50.5 Å². The van der Waals surface area contributed by atoms with E-state index in [0.29, 0.717) is 30.2 Å². The lowest BCUT2D eigenvalue weighted by Crippen LogP contribution is -2.42. The van der Waals surface area contributed by atoms with Gasteiger partial charge in [-0.2, -0.15) is 17.7 Å². The summed E-state index contributed by atoms with van der Waals surface area (Å²) in [6.45, 7) is 1.28. The number of aromatic amines is 1. The molecule has 0 saturated heterocycles. The number of H-pyrrole nitrogens is 1. The Hall–Kier alpha value is -3.15. The number of amides is 1. The fraction of sp³-hybridized carbons (Fsp3) is 0.381. The molecule has 0 bridgehead atoms. The third-order valence-electron chi connectivity index (χ3n) is 5.76. The Morgan fingerprint density at radius 1 is 1.15 bits per heavy atom. The maximum absolute atomic E-state index is 13.8. The molecule has 176 valence electrons. The summed E-state index contributed by atoms with van der Waals surface area (Å²) in [5.74, 6) is -1.21. The average molecular weight is 482 g/mol. The zero-order valence-corrected chi connectivity index (χ0v) is 18.4. The van der Waals surface area contributed by atoms with Gasteiger partial charge in [0.1, 0.15) is 11.3 Å². The van der Waals surface area contributed by atoms with Crippen LogP contribution in [0.5, 0.6) is 0 Å². The van der Waals surface area contributed by atoms with E-state index >= 15 is 0 Å². The Morgan fingerprint density at radius 3 is 2.39 bits per heavy atom. The summed E-state index contributed by atoms with van der Waals surface area (Å²) in [5, 5.41) is 1.24. The average Bonchev–Trinajstić information content (AvgIpc) is 3.15. The number of fused-ring (bicyclic) bond motifs is 1. The molecule has 2 aromatic heterocycles. The molecule has 1 aromatic carbocycles. The first-order valence-electron chi connectivity index (χ1n) is 10.3. The molecule has 0 atom stereocenters. The highest BCUT2D eigenvalue weighted by Gasteiger charge is 2.39. The normalized spacial score (nSPS) is 15.6. The second kappa shape index (κ2) is 8.32. The maximum Gasteiger partial charge on any atom is 0.433 e. The molecule has 3 aromatic rings. The van der Waals surface area contributed by atoms with Crippen LogP contribution in [0.25, 0.3) is 16.8 Å². The minimum atomic E-state index is -4.84. The number of carbonyl (C=O) groups is 1. The molecule has 1 aliphatic rings. The van der Waals surface area contributed by atoms with Crippen molar-refractivity contribution in [3.05, 3.63) is 57.6 Å². The third-order valence-corrected chi connectivity index (χ3v) is 7.58. The van der Waals surface area contributed by atoms with Crippen LogP contribution in [-0.4, -0.2) is 34.2 Å². The molecule has 1 aliphatic carbocycles. The highest BCUT2D eigenvalue weighted by atomic mass is 32.2. The Balaban J connectivity index is 1.84. The van der Waals surface area contributed by atoms with Crippen molar-refractivity contribution in [2.24, 2.45) is 0 Å². The van der Waals surface area contributed by atoms with Gasteiger partial charge in [0.15, 0.2) is 5.65 Å². The zero-order chi connectivity index (χ0) is 24.0. The number of hydrogen-bond donors (Lipinski definition) is 2. The minimum absolute atomic E-state index is 0.173. The van der Waals surface area contributed by atoms with E-state index in [1.807, 2.05) is 9.82 Å². The Labute approximate surface area is 186 Å². The molecule has 0 radical (unpaired) electrons. The summed E-state index contributed by atoms with van der Waals surface area (Å²) in [7, 11) is -4.05. The van der Waals surface area contributed by atoms with E-state index in [9.17, 15) is 31.2 Å². The summed E-state index contributed by atoms with van der Waals surface area (Å²) in [4.78, 5) is 29.9. The van der Waals surface area contributed by atoms with Crippen LogP contribution in [0.3, 0.4) is 0 Å². The summed E-state index contributed by atoms with van der Waals surface area (Å²) < 4.78 is 68.9. The smallest absolute Gasteiger partial charge is 0.284 e. The molecule has 2 heterocycles. The van der Waals surface area contributed by atoms with Gasteiger partial charge in [-0.05, 0) is 25.3 Å². The van der Waals surface area contributed by atoms with Gasteiger partial charge < -0.3 is 0 Å². The van der Waals surface area contributed by atoms with Crippen LogP contribution >= 0.6 is 0 Å². The maximum atomic E-state index is 13.8. The SMILES string of the molecule is Cc1nc2c(-c3ccccc3)c(C(F)(F)F)[nH]n2c(=O)c1C(=O)NS(=O)(=O)C1CCCCC1. The number of nitrogens with one attached hydrogen (secondary N) is 2. The first-order chi connectivity index (χ1) is 15.5. The Morgan fingerprint density at radius 2 is 1.79 bits per heavy atom. The number of alkyl halides is 3. The van der Waals surface area contributed by atoms with E-state index in [0.717, 1.165) is 6.42 Å². The second-order valence-electron chi connectivity index (χ2n) is 8.00. The van der Waals surface area contributed by atoms with E-state index in [-0.39, 0.29) is 22.5 Å². The highest BCUT2D eigenvalue weighted by molar-refractivity contribution is 7.90. The van der Waals surface area contributed by atoms with Crippen molar-refractivity contribution in [3.63, 3.8) is 0 Å². The molecule has 2 N–H and O–H groups in total. The van der Waals surface area contributed by atoms with E-state index < -0.39 is 44.2 Å². The number of aromatic nitrogens is 3. The summed E-state index contributed by atoms with van der Waals surface area (Å²) in [6.07, 6.45) is -1.74. The lowest BCUT2D eigenvalue weighted by atomic mass is 10.0. The molecule has 12 heteroatoms. The summed E-state index contributed by atoms with van der Waals surface area (Å²) in [6, 6.07) is 7.60. The molecule has 1 fully saturated rings. The van der Waals surface area contributed by atoms with Crippen molar-refractivity contribution >= 4 is 21.6 Å². The van der Waals surface area contributed by atoms with Crippen molar-refractivity contribution in [1.29, 1.82) is 0 Å². The molecular formula is C21H21F3N4O4S. The molecule has 1 amide bonds. The first-order valence-corrected chi connectivity index (χ1v) is 11.9. The molecule has 1 saturated carbocycles. The largest absolute Gasteiger partial charge is 0.433 e. The minimum Gasteiger partial charge on any atom is -0.284 e. The molecule has 0 aliphatic heterocycles. The topological polar surface area (TPSA) is 113 Å². The van der Waals surface area contributed by atoms with Crippen LogP contribution in [0, 0.1) is 6.92 Å². The van der Waals surface area contributed by atoms with Gasteiger partial charge >= 0.3 is 6.18 Å². The van der Waals surface area contributed by atoms with Gasteiger partial charge in [0.25, 0.3) is 11.5 Å². The highest BCUT2D eigenvalue weighted by Crippen LogP contribution is 2.38. The summed E-state index contributed by atoms with van der Waals surface area (Å²) in [5.41, 5.74) is -3.63. The molecule has 4 rings (SSSR count). The van der Waals surface area contributed by atoms with Crippen LogP contribution in [0.4, 0.5) is 13.2 Å². The van der Waals surface area contributed by atoms with Crippen molar-refractivity contribution in [2.75, 3.05) is 0 Å². The standard InChI is InChI=1S/C21H21F3N4O4S/c1-12-15(19(29)27-33(31,32)14-10-6-3-7-11-14)20(30)28-18(25-12)16(13-8-4-2-5-9-13)17(26-28)21(22,23)24/h2,4-5,8-9,14,26H,3,6-7,10-11H2,1H3,(H,27,29). The Bertz CT molecular complexity index is 1370. The van der Waals surface area contributed by atoms with Crippen LogP contribution in [0.2, 0.25) is 0 Å². The van der Waals surface area contributed by atoms with E-state index in [1.165, 1.54) is 19.1 Å². The van der Waals surface area contributed by atoms with Crippen LogP contribution < -0.4 is 10.3 Å². The number of carbonyl (C=O) groups excluding carboxylic acids is 1. The molecular weight excluding hydrogens is 461 g/mol. The van der Waals surface area contributed by atoms with Gasteiger partial charge in [-0.1, -0.05) is 49.6 Å². The number of hydrogen-bond acceptors (Lipinski definition) is 5. The quantitative estimate of drug-likeness (QED) is 0.592. The number of rotatable bonds is 4. The lowest BCUT2D eigenvalue weighted by Gasteiger charge is -2.21. The lowest BCUT2D eigenvalue weighted by molar-refractivity contribution is -0.140.